The van der Waals surface area contributed by atoms with E-state index in [4.69, 9.17) is 11.6 Å². The predicted molar refractivity (Wildman–Crippen MR) is 118 cm³/mol. The van der Waals surface area contributed by atoms with Gasteiger partial charge in [-0.15, -0.1) is 5.10 Å². The second-order valence-electron chi connectivity index (χ2n) is 7.27. The summed E-state index contributed by atoms with van der Waals surface area (Å²) in [5.74, 6) is -0.134. The smallest absolute Gasteiger partial charge is 0.414 e. The van der Waals surface area contributed by atoms with Gasteiger partial charge in [0.2, 0.25) is 11.9 Å². The minimum Gasteiger partial charge on any atom is -0.508 e. The highest BCUT2D eigenvalue weighted by Gasteiger charge is 2.51. The molecule has 2 aromatic rings. The molecule has 0 aromatic heterocycles. The third-order valence-corrected chi connectivity index (χ3v) is 5.58. The number of hydrogen-bond acceptors (Lipinski definition) is 7. The Balaban J connectivity index is 1.70. The number of hydrogen-bond donors (Lipinski definition) is 3. The van der Waals surface area contributed by atoms with Crippen molar-refractivity contribution in [3.8, 4) is 11.5 Å². The average molecular weight is 456 g/mol. The number of carbonyl (C=O) groups excluding carboxylic acids is 2. The SMILES string of the molecule is CN1C(=O)C2C(=NC(N/N=C/c3ccc(O)cc3O)=[N+]2Cc2ccccc2Cl)N(C)C1=O. The van der Waals surface area contributed by atoms with E-state index in [1.54, 1.807) is 23.8 Å². The molecule has 3 amide bonds. The summed E-state index contributed by atoms with van der Waals surface area (Å²) < 4.78 is 1.67. The molecule has 0 spiro atoms. The van der Waals surface area contributed by atoms with Crippen LogP contribution in [0.1, 0.15) is 11.1 Å². The van der Waals surface area contributed by atoms with E-state index in [0.29, 0.717) is 10.6 Å². The van der Waals surface area contributed by atoms with Gasteiger partial charge in [0.15, 0.2) is 0 Å². The highest BCUT2D eigenvalue weighted by molar-refractivity contribution is 6.31. The fourth-order valence-corrected chi connectivity index (χ4v) is 3.66. The number of likely N-dealkylation sites (N-methyl/N-ethyl adjacent to an activating group) is 2. The van der Waals surface area contributed by atoms with Crippen molar-refractivity contribution in [2.24, 2.45) is 10.1 Å². The number of hydrazone groups is 1. The minimum absolute atomic E-state index is 0.0745. The fraction of sp³-hybridized carbons (Fsp3) is 0.190. The molecule has 4 rings (SSSR count). The maximum absolute atomic E-state index is 13.0. The zero-order chi connectivity index (χ0) is 23.0. The van der Waals surface area contributed by atoms with Crippen molar-refractivity contribution in [3.63, 3.8) is 0 Å². The summed E-state index contributed by atoms with van der Waals surface area (Å²) >= 11 is 6.33. The topological polar surface area (TPSA) is 121 Å². The van der Waals surface area contributed by atoms with E-state index in [1.165, 1.54) is 36.4 Å². The molecule has 2 aliphatic heterocycles. The van der Waals surface area contributed by atoms with Crippen LogP contribution in [-0.4, -0.2) is 74.7 Å². The number of phenols is 2. The van der Waals surface area contributed by atoms with Crippen LogP contribution in [0.15, 0.2) is 52.6 Å². The number of amides is 3. The van der Waals surface area contributed by atoms with E-state index in [2.05, 4.69) is 15.5 Å². The Kier molecular flexibility index (Phi) is 5.54. The Labute approximate surface area is 188 Å². The number of halogens is 1. The molecule has 2 aliphatic rings. The molecular weight excluding hydrogens is 436 g/mol. The van der Waals surface area contributed by atoms with E-state index >= 15 is 0 Å². The van der Waals surface area contributed by atoms with Gasteiger partial charge in [0.1, 0.15) is 11.5 Å². The third-order valence-electron chi connectivity index (χ3n) is 5.21. The Bertz CT molecular complexity index is 1210. The lowest BCUT2D eigenvalue weighted by Crippen LogP contribution is -2.61. The first kappa shape index (κ1) is 21.3. The first-order valence-electron chi connectivity index (χ1n) is 9.60. The van der Waals surface area contributed by atoms with Crippen molar-refractivity contribution in [1.29, 1.82) is 0 Å². The molecule has 1 saturated heterocycles. The minimum atomic E-state index is -0.834. The van der Waals surface area contributed by atoms with E-state index < -0.39 is 18.0 Å². The van der Waals surface area contributed by atoms with Gasteiger partial charge in [0, 0.05) is 36.3 Å². The van der Waals surface area contributed by atoms with E-state index in [0.717, 1.165) is 10.5 Å². The molecular formula is C21H20ClN6O4+. The summed E-state index contributed by atoms with van der Waals surface area (Å²) in [4.78, 5) is 32.1. The molecule has 2 heterocycles. The maximum atomic E-state index is 13.0. The van der Waals surface area contributed by atoms with Crippen molar-refractivity contribution in [2.75, 3.05) is 14.1 Å². The van der Waals surface area contributed by atoms with E-state index in [1.807, 2.05) is 12.1 Å². The molecule has 3 N–H and O–H groups in total. The molecule has 1 atom stereocenters. The van der Waals surface area contributed by atoms with Crippen molar-refractivity contribution in [3.05, 3.63) is 58.6 Å². The lowest BCUT2D eigenvalue weighted by Gasteiger charge is -2.31. The van der Waals surface area contributed by atoms with Crippen molar-refractivity contribution >= 4 is 41.5 Å². The van der Waals surface area contributed by atoms with E-state index in [9.17, 15) is 19.8 Å². The zero-order valence-corrected chi connectivity index (χ0v) is 18.0. The van der Waals surface area contributed by atoms with Crippen molar-refractivity contribution in [2.45, 2.75) is 12.6 Å². The number of nitrogens with zero attached hydrogens (tertiary/aromatic N) is 5. The van der Waals surface area contributed by atoms with Crippen LogP contribution in [0.2, 0.25) is 5.02 Å². The summed E-state index contributed by atoms with van der Waals surface area (Å²) in [7, 11) is 2.97. The Morgan fingerprint density at radius 2 is 1.94 bits per heavy atom. The summed E-state index contributed by atoms with van der Waals surface area (Å²) in [6, 6.07) is 10.0. The third kappa shape index (κ3) is 3.76. The summed E-state index contributed by atoms with van der Waals surface area (Å²) in [6.07, 6.45) is 1.35. The number of benzene rings is 2. The second kappa shape index (κ2) is 8.31. The molecule has 0 radical (unpaired) electrons. The van der Waals surface area contributed by atoms with Crippen LogP contribution in [0, 0.1) is 0 Å². The van der Waals surface area contributed by atoms with Gasteiger partial charge in [-0.05, 0) is 18.2 Å². The lowest BCUT2D eigenvalue weighted by molar-refractivity contribution is -0.553. The first-order chi connectivity index (χ1) is 15.3. The number of aromatic hydroxyl groups is 2. The van der Waals surface area contributed by atoms with Crippen LogP contribution in [0.4, 0.5) is 4.79 Å². The normalized spacial score (nSPS) is 18.5. The van der Waals surface area contributed by atoms with Crippen LogP contribution in [0.25, 0.3) is 0 Å². The standard InChI is InChI=1S/C21H19ClN6O4/c1-26-18-17(19(31)27(2)21(26)32)28(11-13-5-3-4-6-15(13)22)20(24-18)25-23-10-12-7-8-14(29)9-16(12)30/h3-10,17H,11H2,1-2H3,(H2,23,29,30)/p+1. The number of carbonyl (C=O) groups is 2. The highest BCUT2D eigenvalue weighted by Crippen LogP contribution is 2.23. The van der Waals surface area contributed by atoms with Gasteiger partial charge in [-0.1, -0.05) is 34.8 Å². The number of phenolic OH excluding ortho intramolecular Hbond substituents is 2. The Hall–Kier alpha value is -3.92. The number of amidine groups is 1. The molecule has 1 fully saturated rings. The van der Waals surface area contributed by atoms with Gasteiger partial charge in [0.05, 0.1) is 12.8 Å². The van der Waals surface area contributed by atoms with Crippen LogP contribution in [0.3, 0.4) is 0 Å². The maximum Gasteiger partial charge on any atom is 0.414 e. The monoisotopic (exact) mass is 455 g/mol. The number of guanidine groups is 1. The molecule has 0 saturated carbocycles. The van der Waals surface area contributed by atoms with Crippen molar-refractivity contribution < 1.29 is 24.4 Å². The molecule has 32 heavy (non-hydrogen) atoms. The summed E-state index contributed by atoms with van der Waals surface area (Å²) in [5.41, 5.74) is 3.91. The van der Waals surface area contributed by atoms with Crippen LogP contribution < -0.4 is 5.43 Å². The number of fused-ring (bicyclic) bond motifs is 1. The quantitative estimate of drug-likeness (QED) is 0.367. The van der Waals surface area contributed by atoms with Crippen molar-refractivity contribution in [1.82, 2.24) is 15.2 Å². The number of urea groups is 1. The van der Waals surface area contributed by atoms with Gasteiger partial charge >= 0.3 is 12.0 Å². The number of aliphatic imine (C=N–C) groups is 1. The first-order valence-corrected chi connectivity index (χ1v) is 9.97. The zero-order valence-electron chi connectivity index (χ0n) is 17.2. The molecule has 2 aromatic carbocycles. The molecule has 164 valence electrons. The van der Waals surface area contributed by atoms with Crippen LogP contribution in [-0.2, 0) is 11.3 Å². The summed E-state index contributed by atoms with van der Waals surface area (Å²) in [6.45, 7) is 0.237. The Morgan fingerprint density at radius 3 is 2.66 bits per heavy atom. The van der Waals surface area contributed by atoms with Crippen LogP contribution >= 0.6 is 11.6 Å². The molecule has 10 nitrogen and oxygen atoms in total. The summed E-state index contributed by atoms with van der Waals surface area (Å²) in [5, 5.41) is 24.0. The molecule has 0 bridgehead atoms. The fourth-order valence-electron chi connectivity index (χ4n) is 3.46. The van der Waals surface area contributed by atoms with Gasteiger partial charge in [-0.2, -0.15) is 5.43 Å². The van der Waals surface area contributed by atoms with E-state index in [-0.39, 0.29) is 29.8 Å². The Morgan fingerprint density at radius 1 is 1.19 bits per heavy atom. The van der Waals surface area contributed by atoms with Gasteiger partial charge in [-0.25, -0.2) is 9.37 Å². The molecule has 1 unspecified atom stereocenters. The largest absolute Gasteiger partial charge is 0.508 e. The van der Waals surface area contributed by atoms with Gasteiger partial charge in [-0.3, -0.25) is 14.6 Å². The molecule has 0 aliphatic carbocycles. The number of imide groups is 1. The van der Waals surface area contributed by atoms with Crippen LogP contribution in [0.5, 0.6) is 11.5 Å². The predicted octanol–water partition coefficient (Wildman–Crippen LogP) is 1.55. The lowest BCUT2D eigenvalue weighted by atomic mass is 10.1. The van der Waals surface area contributed by atoms with Gasteiger partial charge in [0.25, 0.3) is 5.91 Å². The number of nitrogens with one attached hydrogen (secondary N) is 1. The second-order valence-corrected chi connectivity index (χ2v) is 7.67. The average Bonchev–Trinajstić information content (AvgIpc) is 3.12. The van der Waals surface area contributed by atoms with Gasteiger partial charge < -0.3 is 10.2 Å². The molecule has 11 heteroatoms. The highest BCUT2D eigenvalue weighted by atomic mass is 35.5. The number of rotatable bonds is 4.